The fraction of sp³-hybridized carbons (Fsp3) is 0. The minimum absolute atomic E-state index is 0.265. The minimum Gasteiger partial charge on any atom is -0.226 e. The lowest BCUT2D eigenvalue weighted by atomic mass is 10.1. The Hall–Kier alpha value is -0.930. The summed E-state index contributed by atoms with van der Waals surface area (Å²) < 4.78 is 1.02. The Bertz CT molecular complexity index is 442. The molecular formula is C10H6BrClN2. The van der Waals surface area contributed by atoms with Crippen LogP contribution in [0.2, 0.25) is 5.28 Å². The lowest BCUT2D eigenvalue weighted by Crippen LogP contribution is -1.84. The van der Waals surface area contributed by atoms with E-state index in [9.17, 15) is 0 Å². The molecule has 0 amide bonds. The predicted molar refractivity (Wildman–Crippen MR) is 60.2 cm³/mol. The summed E-state index contributed by atoms with van der Waals surface area (Å²) in [4.78, 5) is 7.86. The number of benzene rings is 1. The first-order valence-electron chi connectivity index (χ1n) is 4.00. The molecule has 0 bridgehead atoms. The topological polar surface area (TPSA) is 25.8 Å². The molecule has 0 unspecified atom stereocenters. The predicted octanol–water partition coefficient (Wildman–Crippen LogP) is 3.56. The van der Waals surface area contributed by atoms with Crippen molar-refractivity contribution >= 4 is 27.5 Å². The smallest absolute Gasteiger partial charge is 0.222 e. The van der Waals surface area contributed by atoms with Gasteiger partial charge in [-0.2, -0.15) is 0 Å². The van der Waals surface area contributed by atoms with Crippen LogP contribution in [0.5, 0.6) is 0 Å². The standard InChI is InChI=1S/C10H6BrClN2/c11-9-4-2-1-3-8(9)7-5-13-10(12)14-6-7/h1-6H. The number of hydrogen-bond donors (Lipinski definition) is 0. The third-order valence-corrected chi connectivity index (χ3v) is 2.69. The van der Waals surface area contributed by atoms with Crippen molar-refractivity contribution in [3.8, 4) is 11.1 Å². The average Bonchev–Trinajstić information content (AvgIpc) is 2.20. The maximum absolute atomic E-state index is 5.60. The molecule has 14 heavy (non-hydrogen) atoms. The second kappa shape index (κ2) is 4.07. The SMILES string of the molecule is Clc1ncc(-c2ccccc2Br)cn1. The summed E-state index contributed by atoms with van der Waals surface area (Å²) in [5, 5.41) is 0.265. The van der Waals surface area contributed by atoms with Gasteiger partial charge in [-0.1, -0.05) is 34.1 Å². The van der Waals surface area contributed by atoms with Crippen LogP contribution in [-0.2, 0) is 0 Å². The molecule has 0 spiro atoms. The molecule has 1 aromatic carbocycles. The van der Waals surface area contributed by atoms with Crippen LogP contribution in [0, 0.1) is 0 Å². The molecule has 0 N–H and O–H groups in total. The van der Waals surface area contributed by atoms with Gasteiger partial charge in [0.05, 0.1) is 0 Å². The fourth-order valence-corrected chi connectivity index (χ4v) is 1.76. The van der Waals surface area contributed by atoms with Crippen LogP contribution in [0.15, 0.2) is 41.1 Å². The van der Waals surface area contributed by atoms with Gasteiger partial charge in [0.25, 0.3) is 0 Å². The molecule has 1 heterocycles. The first-order chi connectivity index (χ1) is 6.77. The first kappa shape index (κ1) is 9.62. The van der Waals surface area contributed by atoms with Gasteiger partial charge in [-0.15, -0.1) is 0 Å². The molecule has 2 nitrogen and oxygen atoms in total. The van der Waals surface area contributed by atoms with Crippen LogP contribution < -0.4 is 0 Å². The monoisotopic (exact) mass is 268 g/mol. The molecule has 0 aliphatic rings. The zero-order valence-corrected chi connectivity index (χ0v) is 9.46. The lowest BCUT2D eigenvalue weighted by Gasteiger charge is -2.02. The van der Waals surface area contributed by atoms with E-state index in [2.05, 4.69) is 25.9 Å². The zero-order valence-electron chi connectivity index (χ0n) is 7.11. The molecule has 0 radical (unpaired) electrons. The van der Waals surface area contributed by atoms with Crippen molar-refractivity contribution in [2.45, 2.75) is 0 Å². The number of rotatable bonds is 1. The molecular weight excluding hydrogens is 263 g/mol. The van der Waals surface area contributed by atoms with Gasteiger partial charge in [0, 0.05) is 22.4 Å². The fourth-order valence-electron chi connectivity index (χ4n) is 1.15. The molecule has 2 aromatic rings. The van der Waals surface area contributed by atoms with Crippen LogP contribution in [0.4, 0.5) is 0 Å². The highest BCUT2D eigenvalue weighted by atomic mass is 79.9. The van der Waals surface area contributed by atoms with E-state index in [4.69, 9.17) is 11.6 Å². The lowest BCUT2D eigenvalue weighted by molar-refractivity contribution is 1.17. The van der Waals surface area contributed by atoms with Gasteiger partial charge in [-0.25, -0.2) is 9.97 Å². The van der Waals surface area contributed by atoms with Crippen LogP contribution >= 0.6 is 27.5 Å². The van der Waals surface area contributed by atoms with E-state index in [0.717, 1.165) is 15.6 Å². The molecule has 2 rings (SSSR count). The highest BCUT2D eigenvalue weighted by Gasteiger charge is 2.02. The van der Waals surface area contributed by atoms with Crippen molar-refractivity contribution in [1.82, 2.24) is 9.97 Å². The Balaban J connectivity index is 2.50. The molecule has 0 aliphatic heterocycles. The third-order valence-electron chi connectivity index (χ3n) is 1.81. The van der Waals surface area contributed by atoms with Crippen molar-refractivity contribution in [3.63, 3.8) is 0 Å². The summed E-state index contributed by atoms with van der Waals surface area (Å²) in [6.45, 7) is 0. The summed E-state index contributed by atoms with van der Waals surface area (Å²) in [5.74, 6) is 0. The van der Waals surface area contributed by atoms with Crippen molar-refractivity contribution < 1.29 is 0 Å². The highest BCUT2D eigenvalue weighted by molar-refractivity contribution is 9.10. The Morgan fingerprint density at radius 2 is 1.71 bits per heavy atom. The summed E-state index contributed by atoms with van der Waals surface area (Å²) in [5.41, 5.74) is 2.01. The molecule has 0 atom stereocenters. The van der Waals surface area contributed by atoms with Crippen molar-refractivity contribution in [2.75, 3.05) is 0 Å². The van der Waals surface area contributed by atoms with Crippen molar-refractivity contribution in [3.05, 3.63) is 46.4 Å². The van der Waals surface area contributed by atoms with E-state index in [0.29, 0.717) is 0 Å². The van der Waals surface area contributed by atoms with E-state index < -0.39 is 0 Å². The minimum atomic E-state index is 0.265. The molecule has 70 valence electrons. The molecule has 4 heteroatoms. The van der Waals surface area contributed by atoms with E-state index in [1.807, 2.05) is 24.3 Å². The van der Waals surface area contributed by atoms with E-state index in [-0.39, 0.29) is 5.28 Å². The average molecular weight is 270 g/mol. The van der Waals surface area contributed by atoms with Gasteiger partial charge >= 0.3 is 0 Å². The molecule has 0 fully saturated rings. The summed E-state index contributed by atoms with van der Waals surface area (Å²) in [6, 6.07) is 7.90. The third kappa shape index (κ3) is 1.94. The maximum atomic E-state index is 5.60. The summed E-state index contributed by atoms with van der Waals surface area (Å²) >= 11 is 9.07. The second-order valence-corrected chi connectivity index (χ2v) is 3.91. The van der Waals surface area contributed by atoms with Crippen LogP contribution in [0.3, 0.4) is 0 Å². The maximum Gasteiger partial charge on any atom is 0.222 e. The first-order valence-corrected chi connectivity index (χ1v) is 5.17. The van der Waals surface area contributed by atoms with E-state index >= 15 is 0 Å². The van der Waals surface area contributed by atoms with Gasteiger partial charge in [0.1, 0.15) is 0 Å². The Labute approximate surface area is 95.1 Å². The Kier molecular flexibility index (Phi) is 2.79. The summed E-state index contributed by atoms with van der Waals surface area (Å²) in [6.07, 6.45) is 3.41. The van der Waals surface area contributed by atoms with E-state index in [1.54, 1.807) is 12.4 Å². The Morgan fingerprint density at radius 3 is 2.36 bits per heavy atom. The summed E-state index contributed by atoms with van der Waals surface area (Å²) in [7, 11) is 0. The Morgan fingerprint density at radius 1 is 1.07 bits per heavy atom. The number of hydrogen-bond acceptors (Lipinski definition) is 2. The van der Waals surface area contributed by atoms with Crippen LogP contribution in [-0.4, -0.2) is 9.97 Å². The van der Waals surface area contributed by atoms with Gasteiger partial charge < -0.3 is 0 Å². The zero-order chi connectivity index (χ0) is 9.97. The molecule has 0 saturated carbocycles. The van der Waals surface area contributed by atoms with Gasteiger partial charge in [0.15, 0.2) is 0 Å². The normalized spacial score (nSPS) is 10.1. The number of halogens is 2. The quantitative estimate of drug-likeness (QED) is 0.740. The molecule has 0 saturated heterocycles. The van der Waals surface area contributed by atoms with Crippen molar-refractivity contribution in [1.29, 1.82) is 0 Å². The number of aromatic nitrogens is 2. The van der Waals surface area contributed by atoms with Crippen molar-refractivity contribution in [2.24, 2.45) is 0 Å². The van der Waals surface area contributed by atoms with Crippen LogP contribution in [0.1, 0.15) is 0 Å². The molecule has 1 aromatic heterocycles. The van der Waals surface area contributed by atoms with Gasteiger partial charge in [0.2, 0.25) is 5.28 Å². The van der Waals surface area contributed by atoms with Crippen LogP contribution in [0.25, 0.3) is 11.1 Å². The van der Waals surface area contributed by atoms with Gasteiger partial charge in [-0.05, 0) is 23.2 Å². The van der Waals surface area contributed by atoms with Gasteiger partial charge in [-0.3, -0.25) is 0 Å². The number of nitrogens with zero attached hydrogens (tertiary/aromatic N) is 2. The molecule has 0 aliphatic carbocycles. The highest BCUT2D eigenvalue weighted by Crippen LogP contribution is 2.26. The largest absolute Gasteiger partial charge is 0.226 e. The second-order valence-electron chi connectivity index (χ2n) is 2.72. The van der Waals surface area contributed by atoms with E-state index in [1.165, 1.54) is 0 Å².